The van der Waals surface area contributed by atoms with Gasteiger partial charge < -0.3 is 14.8 Å². The predicted molar refractivity (Wildman–Crippen MR) is 146 cm³/mol. The number of rotatable bonds is 9. The van der Waals surface area contributed by atoms with E-state index in [0.717, 1.165) is 34.0 Å². The van der Waals surface area contributed by atoms with E-state index >= 15 is 0 Å². The minimum absolute atomic E-state index is 0.134. The zero-order valence-electron chi connectivity index (χ0n) is 21.3. The normalized spacial score (nSPS) is 14.0. The fraction of sp³-hybridized carbons (Fsp3) is 0.185. The zero-order valence-corrected chi connectivity index (χ0v) is 22.1. The first kappa shape index (κ1) is 27.3. The Labute approximate surface area is 228 Å². The first-order valence-electron chi connectivity index (χ1n) is 11.8. The molecule has 0 saturated carbocycles. The fourth-order valence-corrected chi connectivity index (χ4v) is 4.47. The van der Waals surface area contributed by atoms with Gasteiger partial charge in [0.1, 0.15) is 12.7 Å². The second kappa shape index (κ2) is 11.8. The Hall–Kier alpha value is -4.71. The number of amides is 3. The van der Waals surface area contributed by atoms with Crippen molar-refractivity contribution >= 4 is 46.3 Å². The van der Waals surface area contributed by atoms with Crippen LogP contribution in [0.25, 0.3) is 6.08 Å². The molecule has 1 fully saturated rings. The Morgan fingerprint density at radius 1 is 1.15 bits per heavy atom. The van der Waals surface area contributed by atoms with Crippen LogP contribution in [0.15, 0.2) is 59.6 Å². The van der Waals surface area contributed by atoms with E-state index in [0.29, 0.717) is 29.4 Å². The molecule has 0 unspecified atom stereocenters. The van der Waals surface area contributed by atoms with Crippen molar-refractivity contribution in [3.8, 4) is 17.4 Å². The smallest absolute Gasteiger partial charge is 0.294 e. The number of hydrogen-bond acceptors (Lipinski definition) is 9. The summed E-state index contributed by atoms with van der Waals surface area (Å²) in [7, 11) is 0. The quantitative estimate of drug-likeness (QED) is 0.209. The van der Waals surface area contributed by atoms with Crippen LogP contribution in [0, 0.1) is 24.0 Å². The van der Waals surface area contributed by atoms with Crippen molar-refractivity contribution in [2.24, 2.45) is 0 Å². The summed E-state index contributed by atoms with van der Waals surface area (Å²) in [4.78, 5) is 53.3. The monoisotopic (exact) mass is 548 g/mol. The third kappa shape index (κ3) is 6.41. The number of hydrogen-bond donors (Lipinski definition) is 1. The molecule has 1 N–H and O–H groups in total. The molecule has 0 spiro atoms. The van der Waals surface area contributed by atoms with Crippen molar-refractivity contribution in [2.45, 2.75) is 20.8 Å². The first-order valence-corrected chi connectivity index (χ1v) is 12.6. The maximum Gasteiger partial charge on any atom is 0.294 e. The van der Waals surface area contributed by atoms with Crippen molar-refractivity contribution in [3.05, 3.63) is 86.4 Å². The highest BCUT2D eigenvalue weighted by molar-refractivity contribution is 8.18. The van der Waals surface area contributed by atoms with Crippen LogP contribution in [-0.4, -0.2) is 45.0 Å². The van der Waals surface area contributed by atoms with E-state index in [9.17, 15) is 24.5 Å². The number of ether oxygens (including phenoxy) is 2. The summed E-state index contributed by atoms with van der Waals surface area (Å²) in [6.45, 7) is 5.50. The molecular formula is C27H24N4O7S. The molecule has 12 heteroatoms. The number of anilines is 1. The fourth-order valence-electron chi connectivity index (χ4n) is 3.63. The summed E-state index contributed by atoms with van der Waals surface area (Å²) >= 11 is 0.742. The van der Waals surface area contributed by atoms with Crippen LogP contribution in [-0.2, 0) is 9.59 Å². The summed E-state index contributed by atoms with van der Waals surface area (Å²) in [5.74, 6) is -0.263. The van der Waals surface area contributed by atoms with Gasteiger partial charge in [0.2, 0.25) is 11.8 Å². The summed E-state index contributed by atoms with van der Waals surface area (Å²) < 4.78 is 11.4. The van der Waals surface area contributed by atoms with E-state index in [2.05, 4.69) is 10.3 Å². The molecule has 1 aromatic heterocycles. The Balaban J connectivity index is 1.48. The zero-order chi connectivity index (χ0) is 28.1. The summed E-state index contributed by atoms with van der Waals surface area (Å²) in [5.41, 5.74) is 2.93. The van der Waals surface area contributed by atoms with Crippen molar-refractivity contribution < 1.29 is 28.8 Å². The van der Waals surface area contributed by atoms with Gasteiger partial charge in [-0.25, -0.2) is 4.98 Å². The molecule has 0 atom stereocenters. The molecule has 0 aliphatic carbocycles. The van der Waals surface area contributed by atoms with Gasteiger partial charge in [0.15, 0.2) is 11.5 Å². The van der Waals surface area contributed by atoms with E-state index in [-0.39, 0.29) is 16.5 Å². The molecule has 200 valence electrons. The molecule has 2 heterocycles. The molecule has 2 aromatic carbocycles. The van der Waals surface area contributed by atoms with Gasteiger partial charge in [-0.05, 0) is 73.5 Å². The molecule has 3 aromatic rings. The number of carbonyl (C=O) groups is 3. The van der Waals surface area contributed by atoms with Gasteiger partial charge in [-0.3, -0.25) is 29.4 Å². The van der Waals surface area contributed by atoms with Gasteiger partial charge >= 0.3 is 0 Å². The van der Waals surface area contributed by atoms with Gasteiger partial charge in [0.05, 0.1) is 16.4 Å². The number of pyridine rings is 1. The highest BCUT2D eigenvalue weighted by Gasteiger charge is 2.36. The number of thioether (sulfide) groups is 1. The van der Waals surface area contributed by atoms with Crippen LogP contribution in [0.5, 0.6) is 17.4 Å². The molecule has 1 aliphatic rings. The lowest BCUT2D eigenvalue weighted by Gasteiger charge is -2.14. The third-order valence-electron chi connectivity index (χ3n) is 5.77. The molecule has 11 nitrogen and oxygen atoms in total. The molecule has 1 saturated heterocycles. The summed E-state index contributed by atoms with van der Waals surface area (Å²) in [6.07, 6.45) is 2.62. The standard InChI is InChI=1S/C27H24N4O7S/c1-4-37-22-12-18(8-10-21(22)38-25-11-9-19(14-28-25)31(35)36)13-23-26(33)30(27(34)39-23)15-24(32)29-20-7-5-6-16(2)17(20)3/h5-14H,4,15H2,1-3H3,(H,29,32)/b23-13-. The van der Waals surface area contributed by atoms with Crippen molar-refractivity contribution in [2.75, 3.05) is 18.5 Å². The van der Waals surface area contributed by atoms with E-state index in [1.807, 2.05) is 26.0 Å². The minimum atomic E-state index is -0.575. The number of nitrogens with zero attached hydrogens (tertiary/aromatic N) is 3. The lowest BCUT2D eigenvalue weighted by molar-refractivity contribution is -0.385. The summed E-state index contributed by atoms with van der Waals surface area (Å²) in [6, 6.07) is 13.0. The average molecular weight is 549 g/mol. The molecule has 3 amide bonds. The van der Waals surface area contributed by atoms with Gasteiger partial charge in [-0.1, -0.05) is 18.2 Å². The molecule has 4 rings (SSSR count). The largest absolute Gasteiger partial charge is 0.490 e. The van der Waals surface area contributed by atoms with Crippen molar-refractivity contribution in [3.63, 3.8) is 0 Å². The second-order valence-electron chi connectivity index (χ2n) is 8.42. The van der Waals surface area contributed by atoms with Gasteiger partial charge in [-0.15, -0.1) is 0 Å². The molecule has 0 bridgehead atoms. The topological polar surface area (TPSA) is 141 Å². The van der Waals surface area contributed by atoms with Crippen LogP contribution in [0.1, 0.15) is 23.6 Å². The second-order valence-corrected chi connectivity index (χ2v) is 9.41. The highest BCUT2D eigenvalue weighted by Crippen LogP contribution is 2.36. The van der Waals surface area contributed by atoms with Gasteiger partial charge in [0, 0.05) is 17.8 Å². The number of aromatic nitrogens is 1. The number of nitrogens with one attached hydrogen (secondary N) is 1. The summed E-state index contributed by atoms with van der Waals surface area (Å²) in [5, 5.41) is 13.0. The van der Waals surface area contributed by atoms with Crippen molar-refractivity contribution in [1.29, 1.82) is 0 Å². The SMILES string of the molecule is CCOc1cc(/C=C2\SC(=O)N(CC(=O)Nc3cccc(C)c3C)C2=O)ccc1Oc1ccc([N+](=O)[O-])cn1. The van der Waals surface area contributed by atoms with E-state index in [4.69, 9.17) is 9.47 Å². The van der Waals surface area contributed by atoms with Gasteiger partial charge in [0.25, 0.3) is 16.8 Å². The Bertz CT molecular complexity index is 1490. The molecule has 39 heavy (non-hydrogen) atoms. The number of benzene rings is 2. The maximum atomic E-state index is 12.9. The van der Waals surface area contributed by atoms with Crippen LogP contribution in [0.4, 0.5) is 16.2 Å². The van der Waals surface area contributed by atoms with E-state index in [1.165, 1.54) is 18.2 Å². The Morgan fingerprint density at radius 3 is 2.64 bits per heavy atom. The van der Waals surface area contributed by atoms with Crippen LogP contribution < -0.4 is 14.8 Å². The van der Waals surface area contributed by atoms with Crippen LogP contribution in [0.3, 0.4) is 0 Å². The molecular weight excluding hydrogens is 524 g/mol. The number of nitro groups is 1. The van der Waals surface area contributed by atoms with Gasteiger partial charge in [-0.2, -0.15) is 0 Å². The molecule has 1 aliphatic heterocycles. The average Bonchev–Trinajstić information content (AvgIpc) is 3.16. The lowest BCUT2D eigenvalue weighted by Crippen LogP contribution is -2.36. The van der Waals surface area contributed by atoms with Crippen LogP contribution >= 0.6 is 11.8 Å². The maximum absolute atomic E-state index is 12.9. The predicted octanol–water partition coefficient (Wildman–Crippen LogP) is 5.47. The first-order chi connectivity index (χ1) is 18.7. The van der Waals surface area contributed by atoms with E-state index < -0.39 is 28.5 Å². The third-order valence-corrected chi connectivity index (χ3v) is 6.67. The lowest BCUT2D eigenvalue weighted by atomic mass is 10.1. The number of carbonyl (C=O) groups excluding carboxylic acids is 3. The minimum Gasteiger partial charge on any atom is -0.490 e. The van der Waals surface area contributed by atoms with Crippen LogP contribution in [0.2, 0.25) is 0 Å². The Morgan fingerprint density at radius 2 is 1.95 bits per heavy atom. The highest BCUT2D eigenvalue weighted by atomic mass is 32.2. The van der Waals surface area contributed by atoms with E-state index in [1.54, 1.807) is 31.2 Å². The number of imide groups is 1. The number of aryl methyl sites for hydroxylation is 1. The Kier molecular flexibility index (Phi) is 8.25. The van der Waals surface area contributed by atoms with Crippen molar-refractivity contribution in [1.82, 2.24) is 9.88 Å². The molecule has 0 radical (unpaired) electrons.